The second-order valence-electron chi connectivity index (χ2n) is 7.69. The Kier molecular flexibility index (Phi) is 6.89. The highest BCUT2D eigenvalue weighted by Gasteiger charge is 2.19. The molecule has 1 heterocycles. The Morgan fingerprint density at radius 1 is 0.824 bits per heavy atom. The first-order valence-corrected chi connectivity index (χ1v) is 12.2. The zero-order valence-electron chi connectivity index (χ0n) is 18.6. The van der Waals surface area contributed by atoms with Crippen LogP contribution >= 0.6 is 0 Å². The van der Waals surface area contributed by atoms with E-state index < -0.39 is 10.0 Å². The van der Waals surface area contributed by atoms with E-state index in [0.717, 1.165) is 16.8 Å². The predicted molar refractivity (Wildman–Crippen MR) is 136 cm³/mol. The number of pyridine rings is 1. The van der Waals surface area contributed by atoms with E-state index in [4.69, 9.17) is 5.41 Å². The van der Waals surface area contributed by atoms with Crippen LogP contribution in [-0.4, -0.2) is 19.4 Å². The number of hydrogen-bond donors (Lipinski definition) is 4. The molecule has 4 N–H and O–H groups in total. The summed E-state index contributed by atoms with van der Waals surface area (Å²) in [6.07, 6.45) is 3.30. The number of benzene rings is 3. The predicted octanol–water partition coefficient (Wildman–Crippen LogP) is 5.25. The maximum Gasteiger partial charge on any atom is 0.262 e. The van der Waals surface area contributed by atoms with Gasteiger partial charge in [0.25, 0.3) is 10.0 Å². The van der Waals surface area contributed by atoms with Crippen LogP contribution in [0.4, 0.5) is 11.4 Å². The molecule has 0 aliphatic rings. The van der Waals surface area contributed by atoms with Crippen LogP contribution in [0.5, 0.6) is 0 Å². The smallest absolute Gasteiger partial charge is 0.262 e. The molecule has 0 fully saturated rings. The fourth-order valence-electron chi connectivity index (χ4n) is 3.52. The van der Waals surface area contributed by atoms with Crippen molar-refractivity contribution in [2.75, 3.05) is 10.0 Å². The lowest BCUT2D eigenvalue weighted by Crippen LogP contribution is -2.31. The Hall–Kier alpha value is -4.17. The van der Waals surface area contributed by atoms with E-state index in [1.54, 1.807) is 54.9 Å². The number of sulfonamides is 1. The summed E-state index contributed by atoms with van der Waals surface area (Å²) in [5.41, 5.74) is 3.62. The lowest BCUT2D eigenvalue weighted by atomic mass is 10.1. The van der Waals surface area contributed by atoms with Crippen LogP contribution < -0.4 is 15.4 Å². The average molecular weight is 472 g/mol. The molecule has 0 unspecified atom stereocenters. The number of guanidine groups is 1. The van der Waals surface area contributed by atoms with Gasteiger partial charge in [-0.1, -0.05) is 60.7 Å². The van der Waals surface area contributed by atoms with Crippen molar-refractivity contribution in [1.82, 2.24) is 10.3 Å². The first kappa shape index (κ1) is 23.0. The third-order valence-electron chi connectivity index (χ3n) is 5.23. The lowest BCUT2D eigenvalue weighted by Gasteiger charge is -2.18. The van der Waals surface area contributed by atoms with E-state index >= 15 is 0 Å². The largest absolute Gasteiger partial charge is 0.350 e. The summed E-state index contributed by atoms with van der Waals surface area (Å²) in [6.45, 7) is 1.93. The summed E-state index contributed by atoms with van der Waals surface area (Å²) < 4.78 is 29.0. The van der Waals surface area contributed by atoms with Crippen molar-refractivity contribution in [1.29, 1.82) is 5.41 Å². The number of hydrogen-bond acceptors (Lipinski definition) is 4. The number of aromatic nitrogens is 1. The van der Waals surface area contributed by atoms with Gasteiger partial charge < -0.3 is 10.6 Å². The van der Waals surface area contributed by atoms with Gasteiger partial charge in [-0.05, 0) is 48.4 Å². The van der Waals surface area contributed by atoms with Gasteiger partial charge in [-0.2, -0.15) is 0 Å². The molecule has 0 aliphatic carbocycles. The Morgan fingerprint density at radius 3 is 2.18 bits per heavy atom. The highest BCUT2D eigenvalue weighted by Crippen LogP contribution is 2.28. The highest BCUT2D eigenvalue weighted by atomic mass is 32.2. The van der Waals surface area contributed by atoms with E-state index in [9.17, 15) is 8.42 Å². The third-order valence-corrected chi connectivity index (χ3v) is 6.67. The summed E-state index contributed by atoms with van der Waals surface area (Å²) in [6, 6.07) is 26.9. The summed E-state index contributed by atoms with van der Waals surface area (Å²) in [4.78, 5) is 4.17. The van der Waals surface area contributed by atoms with Crippen molar-refractivity contribution in [2.45, 2.75) is 17.9 Å². The van der Waals surface area contributed by atoms with E-state index in [1.165, 1.54) is 0 Å². The van der Waals surface area contributed by atoms with Crippen LogP contribution in [0, 0.1) is 5.41 Å². The fourth-order valence-corrected chi connectivity index (χ4v) is 4.81. The number of nitrogens with one attached hydrogen (secondary N) is 4. The molecule has 7 nitrogen and oxygen atoms in total. The van der Waals surface area contributed by atoms with Gasteiger partial charge in [0, 0.05) is 29.3 Å². The molecule has 1 atom stereocenters. The maximum absolute atomic E-state index is 13.2. The van der Waals surface area contributed by atoms with Crippen molar-refractivity contribution in [3.8, 4) is 11.1 Å². The molecule has 4 rings (SSSR count). The zero-order valence-corrected chi connectivity index (χ0v) is 19.4. The van der Waals surface area contributed by atoms with Crippen LogP contribution in [0.3, 0.4) is 0 Å². The zero-order chi connectivity index (χ0) is 24.0. The number of anilines is 2. The topological polar surface area (TPSA) is 107 Å². The minimum Gasteiger partial charge on any atom is -0.350 e. The van der Waals surface area contributed by atoms with Crippen LogP contribution in [0.25, 0.3) is 11.1 Å². The van der Waals surface area contributed by atoms with Crippen molar-refractivity contribution < 1.29 is 8.42 Å². The molecule has 0 amide bonds. The van der Waals surface area contributed by atoms with Gasteiger partial charge in [-0.15, -0.1) is 0 Å². The standard InChI is InChI=1S/C26H25N5O2S/c1-19(29-26(27)30-22-15-17-28-18-16-22)20-11-13-23(14-12-20)31-34(32,33)25-10-6-5-9-24(25)21-7-3-2-4-8-21/h2-19,31H,1H3,(H3,27,28,29,30)/t19-/m1/s1. The Balaban J connectivity index is 1.45. The van der Waals surface area contributed by atoms with Crippen molar-refractivity contribution in [2.24, 2.45) is 0 Å². The monoisotopic (exact) mass is 471 g/mol. The van der Waals surface area contributed by atoms with Crippen LogP contribution in [0.15, 0.2) is 108 Å². The highest BCUT2D eigenvalue weighted by molar-refractivity contribution is 7.92. The first-order valence-electron chi connectivity index (χ1n) is 10.7. The molecule has 1 aromatic heterocycles. The normalized spacial score (nSPS) is 11.9. The molecular formula is C26H25N5O2S. The van der Waals surface area contributed by atoms with E-state index in [0.29, 0.717) is 11.3 Å². The minimum atomic E-state index is -3.79. The Morgan fingerprint density at radius 2 is 1.47 bits per heavy atom. The Labute approximate surface area is 199 Å². The Bertz CT molecular complexity index is 1360. The molecule has 0 saturated carbocycles. The summed E-state index contributed by atoms with van der Waals surface area (Å²) in [5, 5.41) is 14.2. The summed E-state index contributed by atoms with van der Waals surface area (Å²) in [5.74, 6) is 0.154. The average Bonchev–Trinajstić information content (AvgIpc) is 2.85. The molecule has 0 aliphatic heterocycles. The van der Waals surface area contributed by atoms with Gasteiger partial charge in [0.2, 0.25) is 0 Å². The lowest BCUT2D eigenvalue weighted by molar-refractivity contribution is 0.601. The molecule has 34 heavy (non-hydrogen) atoms. The molecule has 3 aromatic carbocycles. The van der Waals surface area contributed by atoms with Crippen molar-refractivity contribution >= 4 is 27.4 Å². The summed E-state index contributed by atoms with van der Waals surface area (Å²) >= 11 is 0. The van der Waals surface area contributed by atoms with E-state index in [2.05, 4.69) is 20.3 Å². The quantitative estimate of drug-likeness (QED) is 0.218. The van der Waals surface area contributed by atoms with Crippen molar-refractivity contribution in [3.63, 3.8) is 0 Å². The van der Waals surface area contributed by atoms with Gasteiger partial charge in [0.1, 0.15) is 0 Å². The van der Waals surface area contributed by atoms with Crippen molar-refractivity contribution in [3.05, 3.63) is 109 Å². The van der Waals surface area contributed by atoms with Gasteiger partial charge in [-0.3, -0.25) is 15.1 Å². The van der Waals surface area contributed by atoms with Gasteiger partial charge in [-0.25, -0.2) is 8.42 Å². The molecule has 0 radical (unpaired) electrons. The second-order valence-corrected chi connectivity index (χ2v) is 9.34. The summed E-state index contributed by atoms with van der Waals surface area (Å²) in [7, 11) is -3.79. The molecule has 8 heteroatoms. The number of rotatable bonds is 7. The molecule has 0 spiro atoms. The van der Waals surface area contributed by atoms with Crippen LogP contribution in [0.2, 0.25) is 0 Å². The SMILES string of the molecule is C[C@@H](NC(=N)Nc1ccncc1)c1ccc(NS(=O)(=O)c2ccccc2-c2ccccc2)cc1. The van der Waals surface area contributed by atoms with Gasteiger partial charge in [0.15, 0.2) is 5.96 Å². The second kappa shape index (κ2) is 10.2. The van der Waals surface area contributed by atoms with Gasteiger partial charge >= 0.3 is 0 Å². The van der Waals surface area contributed by atoms with Crippen LogP contribution in [0.1, 0.15) is 18.5 Å². The van der Waals surface area contributed by atoms with Crippen LogP contribution in [-0.2, 0) is 10.0 Å². The third kappa shape index (κ3) is 5.60. The maximum atomic E-state index is 13.2. The van der Waals surface area contributed by atoms with E-state index in [-0.39, 0.29) is 16.9 Å². The minimum absolute atomic E-state index is 0.154. The first-order chi connectivity index (χ1) is 16.4. The molecule has 4 aromatic rings. The van der Waals surface area contributed by atoms with Gasteiger partial charge in [0.05, 0.1) is 10.9 Å². The molecule has 0 saturated heterocycles. The van der Waals surface area contributed by atoms with E-state index in [1.807, 2.05) is 55.5 Å². The molecule has 172 valence electrons. The molecule has 0 bridgehead atoms. The molecular weight excluding hydrogens is 446 g/mol. The fraction of sp³-hybridized carbons (Fsp3) is 0.0769. The number of nitrogens with zero attached hydrogens (tertiary/aromatic N) is 1.